The number of hydrogen-bond donors (Lipinski definition) is 2. The molecule has 1 aliphatic heterocycles. The van der Waals surface area contributed by atoms with Crippen LogP contribution in [0.2, 0.25) is 0 Å². The van der Waals surface area contributed by atoms with E-state index in [4.69, 9.17) is 5.73 Å². The number of amides is 2. The molecule has 0 aromatic heterocycles. The zero-order valence-corrected chi connectivity index (χ0v) is 14.8. The van der Waals surface area contributed by atoms with Gasteiger partial charge in [-0.05, 0) is 43.4 Å². The number of carbonyl (C=O) groups is 2. The molecule has 1 saturated heterocycles. The van der Waals surface area contributed by atoms with Gasteiger partial charge in [0.2, 0.25) is 0 Å². The Bertz CT molecular complexity index is 755. The van der Waals surface area contributed by atoms with Crippen LogP contribution in [-0.4, -0.2) is 54.9 Å². The molecule has 2 aromatic carbocycles. The van der Waals surface area contributed by atoms with E-state index in [0.717, 1.165) is 13.1 Å². The van der Waals surface area contributed by atoms with E-state index in [1.54, 1.807) is 41.4 Å². The standard InChI is InChI=1S/C19H23N5O2/c1-22-11-13-23(14-12-22)21-18(25)19(26)24(16-5-3-2-4-6-16)17-9-7-15(20)8-10-17/h2-10H,11-14,20H2,1H3,(H,21,25). The summed E-state index contributed by atoms with van der Waals surface area (Å²) in [6.45, 7) is 3.05. The molecule has 2 aromatic rings. The molecule has 136 valence electrons. The summed E-state index contributed by atoms with van der Waals surface area (Å²) >= 11 is 0. The van der Waals surface area contributed by atoms with Crippen molar-refractivity contribution >= 4 is 28.9 Å². The quantitative estimate of drug-likeness (QED) is 0.640. The Morgan fingerprint density at radius 3 is 2.12 bits per heavy atom. The van der Waals surface area contributed by atoms with E-state index in [1.165, 1.54) is 4.90 Å². The lowest BCUT2D eigenvalue weighted by molar-refractivity contribution is -0.140. The van der Waals surface area contributed by atoms with Crippen LogP contribution >= 0.6 is 0 Å². The molecule has 0 spiro atoms. The van der Waals surface area contributed by atoms with Crippen LogP contribution in [0.4, 0.5) is 17.1 Å². The molecule has 0 saturated carbocycles. The molecule has 26 heavy (non-hydrogen) atoms. The number of rotatable bonds is 3. The van der Waals surface area contributed by atoms with Gasteiger partial charge in [0.05, 0.1) is 0 Å². The number of hydrazine groups is 1. The van der Waals surface area contributed by atoms with Crippen LogP contribution in [0.3, 0.4) is 0 Å². The number of anilines is 3. The smallest absolute Gasteiger partial charge is 0.324 e. The molecule has 3 rings (SSSR count). The van der Waals surface area contributed by atoms with Crippen molar-refractivity contribution in [1.82, 2.24) is 15.3 Å². The maximum absolute atomic E-state index is 12.9. The number of likely N-dealkylation sites (N-methyl/N-ethyl adjacent to an activating group) is 1. The summed E-state index contributed by atoms with van der Waals surface area (Å²) in [5.41, 5.74) is 10.3. The Labute approximate surface area is 152 Å². The first-order valence-corrected chi connectivity index (χ1v) is 8.54. The second-order valence-corrected chi connectivity index (χ2v) is 6.30. The van der Waals surface area contributed by atoms with Crippen LogP contribution in [-0.2, 0) is 9.59 Å². The Balaban J connectivity index is 1.80. The van der Waals surface area contributed by atoms with E-state index in [9.17, 15) is 9.59 Å². The predicted molar refractivity (Wildman–Crippen MR) is 102 cm³/mol. The Morgan fingerprint density at radius 1 is 0.923 bits per heavy atom. The van der Waals surface area contributed by atoms with Crippen molar-refractivity contribution in [3.05, 3.63) is 54.6 Å². The number of benzene rings is 2. The SMILES string of the molecule is CN1CCN(NC(=O)C(=O)N(c2ccccc2)c2ccc(N)cc2)CC1. The molecule has 7 nitrogen and oxygen atoms in total. The fourth-order valence-electron chi connectivity index (χ4n) is 2.80. The molecule has 1 fully saturated rings. The number of nitrogen functional groups attached to an aromatic ring is 1. The van der Waals surface area contributed by atoms with Gasteiger partial charge >= 0.3 is 11.8 Å². The lowest BCUT2D eigenvalue weighted by Crippen LogP contribution is -2.55. The van der Waals surface area contributed by atoms with Crippen LogP contribution in [0.5, 0.6) is 0 Å². The number of nitrogens with one attached hydrogen (secondary N) is 1. The summed E-state index contributed by atoms with van der Waals surface area (Å²) in [7, 11) is 2.03. The maximum Gasteiger partial charge on any atom is 0.324 e. The molecule has 0 radical (unpaired) electrons. The van der Waals surface area contributed by atoms with Gasteiger partial charge in [-0.1, -0.05) is 18.2 Å². The van der Waals surface area contributed by atoms with E-state index in [-0.39, 0.29) is 0 Å². The van der Waals surface area contributed by atoms with Crippen molar-refractivity contribution in [3.8, 4) is 0 Å². The Morgan fingerprint density at radius 2 is 1.50 bits per heavy atom. The first kappa shape index (κ1) is 17.9. The summed E-state index contributed by atoms with van der Waals surface area (Å²) in [5.74, 6) is -1.30. The summed E-state index contributed by atoms with van der Waals surface area (Å²) in [4.78, 5) is 29.0. The molecule has 0 unspecified atom stereocenters. The highest BCUT2D eigenvalue weighted by Crippen LogP contribution is 2.26. The average molecular weight is 353 g/mol. The first-order chi connectivity index (χ1) is 12.5. The topological polar surface area (TPSA) is 81.9 Å². The molecule has 0 aliphatic carbocycles. The van der Waals surface area contributed by atoms with Gasteiger partial charge in [0, 0.05) is 43.2 Å². The van der Waals surface area contributed by atoms with E-state index in [0.29, 0.717) is 30.2 Å². The van der Waals surface area contributed by atoms with E-state index < -0.39 is 11.8 Å². The normalized spacial score (nSPS) is 15.4. The van der Waals surface area contributed by atoms with E-state index >= 15 is 0 Å². The molecule has 0 atom stereocenters. The second kappa shape index (κ2) is 7.99. The minimum atomic E-state index is -0.657. The van der Waals surface area contributed by atoms with Crippen LogP contribution in [0.1, 0.15) is 0 Å². The fraction of sp³-hybridized carbons (Fsp3) is 0.263. The van der Waals surface area contributed by atoms with Crippen molar-refractivity contribution < 1.29 is 9.59 Å². The molecule has 7 heteroatoms. The summed E-state index contributed by atoms with van der Waals surface area (Å²) in [6, 6.07) is 15.9. The van der Waals surface area contributed by atoms with E-state index in [1.807, 2.05) is 25.2 Å². The number of carbonyl (C=O) groups excluding carboxylic acids is 2. The molecule has 0 bridgehead atoms. The molecular formula is C19H23N5O2. The zero-order chi connectivity index (χ0) is 18.5. The lowest BCUT2D eigenvalue weighted by Gasteiger charge is -2.32. The first-order valence-electron chi connectivity index (χ1n) is 8.54. The van der Waals surface area contributed by atoms with Crippen LogP contribution < -0.4 is 16.1 Å². The third kappa shape index (κ3) is 4.19. The number of nitrogens with two attached hydrogens (primary N) is 1. The monoisotopic (exact) mass is 353 g/mol. The summed E-state index contributed by atoms with van der Waals surface area (Å²) in [5, 5.41) is 1.78. The Hall–Kier alpha value is -2.90. The number of piperazine rings is 1. The highest BCUT2D eigenvalue weighted by atomic mass is 16.2. The fourth-order valence-corrected chi connectivity index (χ4v) is 2.80. The summed E-state index contributed by atoms with van der Waals surface area (Å²) in [6.07, 6.45) is 0. The van der Waals surface area contributed by atoms with Crippen molar-refractivity contribution in [2.24, 2.45) is 0 Å². The lowest BCUT2D eigenvalue weighted by atomic mass is 10.2. The third-order valence-electron chi connectivity index (χ3n) is 4.33. The minimum Gasteiger partial charge on any atom is -0.399 e. The summed E-state index contributed by atoms with van der Waals surface area (Å²) < 4.78 is 0. The average Bonchev–Trinajstić information content (AvgIpc) is 2.66. The highest BCUT2D eigenvalue weighted by molar-refractivity contribution is 6.41. The van der Waals surface area contributed by atoms with Gasteiger partial charge in [-0.15, -0.1) is 0 Å². The molecule has 1 aliphatic rings. The van der Waals surface area contributed by atoms with Crippen molar-refractivity contribution in [1.29, 1.82) is 0 Å². The predicted octanol–water partition coefficient (Wildman–Crippen LogP) is 1.21. The largest absolute Gasteiger partial charge is 0.399 e. The number of nitrogens with zero attached hydrogens (tertiary/aromatic N) is 3. The van der Waals surface area contributed by atoms with Gasteiger partial charge in [-0.3, -0.25) is 19.9 Å². The van der Waals surface area contributed by atoms with Crippen LogP contribution in [0.15, 0.2) is 54.6 Å². The van der Waals surface area contributed by atoms with E-state index in [2.05, 4.69) is 10.3 Å². The van der Waals surface area contributed by atoms with Gasteiger partial charge in [0.15, 0.2) is 0 Å². The minimum absolute atomic E-state index is 0.587. The van der Waals surface area contributed by atoms with Gasteiger partial charge in [0.1, 0.15) is 0 Å². The molecule has 3 N–H and O–H groups in total. The number of hydrogen-bond acceptors (Lipinski definition) is 5. The highest BCUT2D eigenvalue weighted by Gasteiger charge is 2.27. The number of para-hydroxylation sites is 1. The molecular weight excluding hydrogens is 330 g/mol. The van der Waals surface area contributed by atoms with Crippen LogP contribution in [0, 0.1) is 0 Å². The van der Waals surface area contributed by atoms with Crippen molar-refractivity contribution in [2.75, 3.05) is 43.9 Å². The van der Waals surface area contributed by atoms with Gasteiger partial charge in [-0.25, -0.2) is 5.01 Å². The molecule has 2 amide bonds. The third-order valence-corrected chi connectivity index (χ3v) is 4.33. The second-order valence-electron chi connectivity index (χ2n) is 6.30. The van der Waals surface area contributed by atoms with Gasteiger partial charge in [0.25, 0.3) is 0 Å². The van der Waals surface area contributed by atoms with Crippen LogP contribution in [0.25, 0.3) is 0 Å². The van der Waals surface area contributed by atoms with Crippen molar-refractivity contribution in [2.45, 2.75) is 0 Å². The Kier molecular flexibility index (Phi) is 5.50. The van der Waals surface area contributed by atoms with Gasteiger partial charge < -0.3 is 10.6 Å². The van der Waals surface area contributed by atoms with Gasteiger partial charge in [-0.2, -0.15) is 0 Å². The molecule has 1 heterocycles. The maximum atomic E-state index is 12.9. The van der Waals surface area contributed by atoms with Crippen molar-refractivity contribution in [3.63, 3.8) is 0 Å². The zero-order valence-electron chi connectivity index (χ0n) is 14.8.